The van der Waals surface area contributed by atoms with Crippen molar-refractivity contribution in [2.75, 3.05) is 13.1 Å². The smallest absolute Gasteiger partial charge is 0.239 e. The summed E-state index contributed by atoms with van der Waals surface area (Å²) in [4.78, 5) is 15.0. The van der Waals surface area contributed by atoms with Gasteiger partial charge in [0.05, 0.1) is 17.7 Å². The number of benzene rings is 1. The van der Waals surface area contributed by atoms with E-state index in [-0.39, 0.29) is 6.04 Å². The molecule has 1 aromatic carbocycles. The standard InChI is InChI=1S/C22H28N4O/c1-2-25-19(14-17-13-16(15-23)7-10-21(17)25)9-8-18-5-4-12-26(18)22(27)20-6-3-11-24-20/h7,10,13-14,18,20,24H,2-6,8-9,11-12H2,1H3. The molecule has 27 heavy (non-hydrogen) atoms. The van der Waals surface area contributed by atoms with Crippen LogP contribution in [0.3, 0.4) is 0 Å². The molecule has 2 aromatic rings. The Kier molecular flexibility index (Phi) is 5.18. The fourth-order valence-electron chi connectivity index (χ4n) is 4.81. The fraction of sp³-hybridized carbons (Fsp3) is 0.545. The molecule has 0 spiro atoms. The molecule has 5 nitrogen and oxygen atoms in total. The van der Waals surface area contributed by atoms with E-state index in [1.165, 1.54) is 11.2 Å². The van der Waals surface area contributed by atoms with E-state index in [4.69, 9.17) is 5.26 Å². The first-order chi connectivity index (χ1) is 13.2. The van der Waals surface area contributed by atoms with Crippen molar-refractivity contribution in [1.29, 1.82) is 5.26 Å². The maximum atomic E-state index is 12.8. The highest BCUT2D eigenvalue weighted by Crippen LogP contribution is 2.27. The van der Waals surface area contributed by atoms with Crippen molar-refractivity contribution in [2.24, 2.45) is 0 Å². The maximum Gasteiger partial charge on any atom is 0.239 e. The molecule has 3 heterocycles. The molecule has 5 heteroatoms. The Labute approximate surface area is 160 Å². The van der Waals surface area contributed by atoms with Crippen molar-refractivity contribution in [3.63, 3.8) is 0 Å². The summed E-state index contributed by atoms with van der Waals surface area (Å²) in [6.07, 6.45) is 6.30. The molecule has 0 radical (unpaired) electrons. The van der Waals surface area contributed by atoms with Gasteiger partial charge in [0, 0.05) is 35.7 Å². The molecule has 2 atom stereocenters. The van der Waals surface area contributed by atoms with E-state index < -0.39 is 0 Å². The number of likely N-dealkylation sites (tertiary alicyclic amines) is 1. The lowest BCUT2D eigenvalue weighted by Crippen LogP contribution is -2.45. The average molecular weight is 364 g/mol. The zero-order valence-corrected chi connectivity index (χ0v) is 16.1. The summed E-state index contributed by atoms with van der Waals surface area (Å²) in [6.45, 7) is 4.96. The van der Waals surface area contributed by atoms with Crippen LogP contribution in [-0.4, -0.2) is 40.5 Å². The van der Waals surface area contributed by atoms with Gasteiger partial charge >= 0.3 is 0 Å². The minimum Gasteiger partial charge on any atom is -0.345 e. The van der Waals surface area contributed by atoms with Crippen molar-refractivity contribution in [1.82, 2.24) is 14.8 Å². The van der Waals surface area contributed by atoms with Crippen molar-refractivity contribution in [3.8, 4) is 6.07 Å². The molecule has 0 aliphatic carbocycles. The van der Waals surface area contributed by atoms with Crippen LogP contribution in [0.2, 0.25) is 0 Å². The van der Waals surface area contributed by atoms with Crippen LogP contribution in [-0.2, 0) is 17.8 Å². The molecular formula is C22H28N4O. The number of aryl methyl sites for hydroxylation is 2. The number of nitriles is 1. The van der Waals surface area contributed by atoms with Crippen LogP contribution in [0.4, 0.5) is 0 Å². The van der Waals surface area contributed by atoms with Gasteiger partial charge in [-0.1, -0.05) is 0 Å². The number of fused-ring (bicyclic) bond motifs is 1. The van der Waals surface area contributed by atoms with Crippen LogP contribution in [0.25, 0.3) is 10.9 Å². The average Bonchev–Trinajstić information content (AvgIpc) is 3.44. The van der Waals surface area contributed by atoms with Crippen LogP contribution in [0.15, 0.2) is 24.3 Å². The van der Waals surface area contributed by atoms with Crippen molar-refractivity contribution < 1.29 is 4.79 Å². The van der Waals surface area contributed by atoms with Gasteiger partial charge in [-0.3, -0.25) is 4.79 Å². The van der Waals surface area contributed by atoms with Gasteiger partial charge in [-0.2, -0.15) is 5.26 Å². The second kappa shape index (κ2) is 7.74. The number of nitrogens with one attached hydrogen (secondary N) is 1. The van der Waals surface area contributed by atoms with E-state index in [1.807, 2.05) is 12.1 Å². The minimum atomic E-state index is 0.0390. The van der Waals surface area contributed by atoms with Gasteiger partial charge < -0.3 is 14.8 Å². The topological polar surface area (TPSA) is 61.1 Å². The van der Waals surface area contributed by atoms with Crippen LogP contribution in [0.1, 0.15) is 50.3 Å². The molecule has 142 valence electrons. The molecule has 1 aromatic heterocycles. The monoisotopic (exact) mass is 364 g/mol. The summed E-state index contributed by atoms with van der Waals surface area (Å²) >= 11 is 0. The Bertz CT molecular complexity index is 872. The van der Waals surface area contributed by atoms with Crippen LogP contribution in [0, 0.1) is 11.3 Å². The summed E-state index contributed by atoms with van der Waals surface area (Å²) in [5.41, 5.74) is 3.21. The Balaban J connectivity index is 1.49. The predicted octanol–water partition coefficient (Wildman–Crippen LogP) is 3.21. The maximum absolute atomic E-state index is 12.8. The summed E-state index contributed by atoms with van der Waals surface area (Å²) in [5.74, 6) is 0.310. The molecule has 2 unspecified atom stereocenters. The SMILES string of the molecule is CCn1c(CCC2CCCN2C(=O)C2CCCN2)cc2cc(C#N)ccc21. The zero-order chi connectivity index (χ0) is 18.8. The Morgan fingerprint density at radius 1 is 1.30 bits per heavy atom. The van der Waals surface area contributed by atoms with E-state index in [9.17, 15) is 4.79 Å². The second-order valence-electron chi connectivity index (χ2n) is 7.78. The Morgan fingerprint density at radius 3 is 2.93 bits per heavy atom. The highest BCUT2D eigenvalue weighted by Gasteiger charge is 2.34. The first kappa shape index (κ1) is 18.1. The molecule has 2 fully saturated rings. The zero-order valence-electron chi connectivity index (χ0n) is 16.1. The molecule has 1 N–H and O–H groups in total. The molecule has 1 amide bonds. The highest BCUT2D eigenvalue weighted by atomic mass is 16.2. The van der Waals surface area contributed by atoms with Gasteiger partial charge in [-0.15, -0.1) is 0 Å². The lowest BCUT2D eigenvalue weighted by atomic mass is 10.1. The molecule has 2 aliphatic heterocycles. The number of hydrogen-bond acceptors (Lipinski definition) is 3. The van der Waals surface area contributed by atoms with E-state index in [2.05, 4.69) is 39.9 Å². The van der Waals surface area contributed by atoms with Crippen LogP contribution < -0.4 is 5.32 Å². The molecule has 2 aliphatic rings. The van der Waals surface area contributed by atoms with Gasteiger partial charge in [0.1, 0.15) is 0 Å². The molecule has 0 bridgehead atoms. The summed E-state index contributed by atoms with van der Waals surface area (Å²) in [6, 6.07) is 10.8. The first-order valence-corrected chi connectivity index (χ1v) is 10.3. The van der Waals surface area contributed by atoms with Gasteiger partial charge in [-0.05, 0) is 76.3 Å². The minimum absolute atomic E-state index is 0.0390. The molecule has 2 saturated heterocycles. The lowest BCUT2D eigenvalue weighted by molar-refractivity contribution is -0.134. The van der Waals surface area contributed by atoms with Gasteiger partial charge in [0.25, 0.3) is 0 Å². The number of carbonyl (C=O) groups excluding carboxylic acids is 1. The van der Waals surface area contributed by atoms with E-state index >= 15 is 0 Å². The normalized spacial score (nSPS) is 22.4. The van der Waals surface area contributed by atoms with E-state index in [0.29, 0.717) is 17.5 Å². The Hall–Kier alpha value is -2.32. The summed E-state index contributed by atoms with van der Waals surface area (Å²) in [7, 11) is 0. The van der Waals surface area contributed by atoms with Crippen LogP contribution >= 0.6 is 0 Å². The molecule has 4 rings (SSSR count). The Morgan fingerprint density at radius 2 is 2.19 bits per heavy atom. The third-order valence-electron chi connectivity index (χ3n) is 6.18. The van der Waals surface area contributed by atoms with E-state index in [1.54, 1.807) is 0 Å². The highest BCUT2D eigenvalue weighted by molar-refractivity contribution is 5.83. The third-order valence-corrected chi connectivity index (χ3v) is 6.18. The first-order valence-electron chi connectivity index (χ1n) is 10.3. The summed E-state index contributed by atoms with van der Waals surface area (Å²) < 4.78 is 2.34. The number of hydrogen-bond donors (Lipinski definition) is 1. The number of aromatic nitrogens is 1. The van der Waals surface area contributed by atoms with Crippen LogP contribution in [0.5, 0.6) is 0 Å². The quantitative estimate of drug-likeness (QED) is 0.886. The number of amides is 1. The fourth-order valence-corrected chi connectivity index (χ4v) is 4.81. The van der Waals surface area contributed by atoms with E-state index in [0.717, 1.165) is 63.5 Å². The number of nitrogens with zero attached hydrogens (tertiary/aromatic N) is 3. The van der Waals surface area contributed by atoms with Gasteiger partial charge in [0.15, 0.2) is 0 Å². The summed E-state index contributed by atoms with van der Waals surface area (Å²) in [5, 5.41) is 13.6. The van der Waals surface area contributed by atoms with Crippen molar-refractivity contribution in [3.05, 3.63) is 35.5 Å². The van der Waals surface area contributed by atoms with Crippen molar-refractivity contribution >= 4 is 16.8 Å². The predicted molar refractivity (Wildman–Crippen MR) is 106 cm³/mol. The number of rotatable bonds is 5. The third kappa shape index (κ3) is 3.46. The second-order valence-corrected chi connectivity index (χ2v) is 7.78. The molecule has 0 saturated carbocycles. The van der Waals surface area contributed by atoms with Crippen molar-refractivity contribution in [2.45, 2.75) is 64.1 Å². The largest absolute Gasteiger partial charge is 0.345 e. The number of carbonyl (C=O) groups is 1. The lowest BCUT2D eigenvalue weighted by Gasteiger charge is -2.27. The molecular weight excluding hydrogens is 336 g/mol. The van der Waals surface area contributed by atoms with Gasteiger partial charge in [-0.25, -0.2) is 0 Å². The van der Waals surface area contributed by atoms with Gasteiger partial charge in [0.2, 0.25) is 5.91 Å².